The SMILES string of the molecule is CN(Cc1ncccn1)[C@H]1CCN(c2cccc(F)c2C#N)C1. The molecule has 1 aliphatic heterocycles. The van der Waals surface area contributed by atoms with E-state index < -0.39 is 5.82 Å². The van der Waals surface area contributed by atoms with Gasteiger partial charge in [0.25, 0.3) is 0 Å². The van der Waals surface area contributed by atoms with Crippen LogP contribution in [0.3, 0.4) is 0 Å². The van der Waals surface area contributed by atoms with Crippen LogP contribution in [0.25, 0.3) is 0 Å². The van der Waals surface area contributed by atoms with Crippen LogP contribution in [0.4, 0.5) is 10.1 Å². The van der Waals surface area contributed by atoms with Crippen molar-refractivity contribution < 1.29 is 4.39 Å². The third-order valence-corrected chi connectivity index (χ3v) is 4.24. The van der Waals surface area contributed by atoms with Crippen LogP contribution >= 0.6 is 0 Å². The predicted octanol–water partition coefficient (Wildman–Crippen LogP) is 2.20. The molecule has 1 atom stereocenters. The summed E-state index contributed by atoms with van der Waals surface area (Å²) in [6.45, 7) is 2.25. The van der Waals surface area contributed by atoms with Crippen molar-refractivity contribution in [1.29, 1.82) is 5.26 Å². The molecule has 2 heterocycles. The Bertz CT molecular complexity index is 713. The van der Waals surface area contributed by atoms with E-state index in [4.69, 9.17) is 0 Å². The summed E-state index contributed by atoms with van der Waals surface area (Å²) >= 11 is 0. The van der Waals surface area contributed by atoms with Crippen LogP contribution in [0.2, 0.25) is 0 Å². The number of hydrogen-bond acceptors (Lipinski definition) is 5. The Hall–Kier alpha value is -2.52. The molecule has 0 radical (unpaired) electrons. The minimum absolute atomic E-state index is 0.127. The first kappa shape index (κ1) is 15.4. The van der Waals surface area contributed by atoms with E-state index in [-0.39, 0.29) is 5.56 Å². The molecule has 1 aromatic carbocycles. The van der Waals surface area contributed by atoms with Crippen molar-refractivity contribution in [2.45, 2.75) is 19.0 Å². The van der Waals surface area contributed by atoms with Gasteiger partial charge >= 0.3 is 0 Å². The molecule has 6 heteroatoms. The van der Waals surface area contributed by atoms with Gasteiger partial charge in [-0.3, -0.25) is 4.90 Å². The lowest BCUT2D eigenvalue weighted by molar-refractivity contribution is 0.244. The number of anilines is 1. The fourth-order valence-electron chi connectivity index (χ4n) is 2.97. The van der Waals surface area contributed by atoms with Crippen LogP contribution in [0.15, 0.2) is 36.7 Å². The van der Waals surface area contributed by atoms with Crippen LogP contribution in [0.1, 0.15) is 17.8 Å². The van der Waals surface area contributed by atoms with E-state index >= 15 is 0 Å². The minimum Gasteiger partial charge on any atom is -0.369 e. The monoisotopic (exact) mass is 311 g/mol. The van der Waals surface area contributed by atoms with Crippen LogP contribution in [0.5, 0.6) is 0 Å². The number of rotatable bonds is 4. The molecule has 0 spiro atoms. The van der Waals surface area contributed by atoms with Gasteiger partial charge in [-0.1, -0.05) is 6.07 Å². The molecule has 0 bridgehead atoms. The zero-order chi connectivity index (χ0) is 16.2. The molecule has 3 rings (SSSR count). The van der Waals surface area contributed by atoms with Crippen LogP contribution in [-0.2, 0) is 6.54 Å². The second-order valence-electron chi connectivity index (χ2n) is 5.71. The average molecular weight is 311 g/mol. The summed E-state index contributed by atoms with van der Waals surface area (Å²) in [5.41, 5.74) is 0.807. The normalized spacial score (nSPS) is 17.5. The van der Waals surface area contributed by atoms with Crippen molar-refractivity contribution in [2.24, 2.45) is 0 Å². The minimum atomic E-state index is -0.459. The highest BCUT2D eigenvalue weighted by molar-refractivity contribution is 5.60. The number of nitriles is 1. The fraction of sp³-hybridized carbons (Fsp3) is 0.353. The topological polar surface area (TPSA) is 56.1 Å². The first-order valence-electron chi connectivity index (χ1n) is 7.58. The maximum absolute atomic E-state index is 13.8. The van der Waals surface area contributed by atoms with E-state index in [9.17, 15) is 9.65 Å². The molecule has 5 nitrogen and oxygen atoms in total. The van der Waals surface area contributed by atoms with Gasteiger partial charge in [-0.25, -0.2) is 14.4 Å². The van der Waals surface area contributed by atoms with E-state index in [1.54, 1.807) is 24.5 Å². The molecule has 0 saturated carbocycles. The molecule has 0 unspecified atom stereocenters. The summed E-state index contributed by atoms with van der Waals surface area (Å²) in [6.07, 6.45) is 4.44. The van der Waals surface area contributed by atoms with Crippen molar-refractivity contribution in [1.82, 2.24) is 14.9 Å². The maximum atomic E-state index is 13.8. The zero-order valence-corrected chi connectivity index (χ0v) is 13.0. The Kier molecular flexibility index (Phi) is 4.49. The molecule has 1 aliphatic rings. The third kappa shape index (κ3) is 3.30. The van der Waals surface area contributed by atoms with Crippen molar-refractivity contribution in [3.05, 3.63) is 53.9 Å². The maximum Gasteiger partial charge on any atom is 0.143 e. The Morgan fingerprint density at radius 2 is 2.13 bits per heavy atom. The highest BCUT2D eigenvalue weighted by Crippen LogP contribution is 2.27. The van der Waals surface area contributed by atoms with Gasteiger partial charge in [0.15, 0.2) is 0 Å². The number of likely N-dealkylation sites (N-methyl/N-ethyl adjacent to an activating group) is 1. The van der Waals surface area contributed by atoms with Gasteiger partial charge in [-0.2, -0.15) is 5.26 Å². The molecule has 118 valence electrons. The molecule has 23 heavy (non-hydrogen) atoms. The van der Waals surface area contributed by atoms with Crippen LogP contribution in [0, 0.1) is 17.1 Å². The van der Waals surface area contributed by atoms with E-state index in [1.165, 1.54) is 6.07 Å². The lowest BCUT2D eigenvalue weighted by atomic mass is 10.1. The summed E-state index contributed by atoms with van der Waals surface area (Å²) in [6, 6.07) is 8.89. The van der Waals surface area contributed by atoms with E-state index in [2.05, 4.69) is 19.8 Å². The zero-order valence-electron chi connectivity index (χ0n) is 13.0. The summed E-state index contributed by atoms with van der Waals surface area (Å²) in [5.74, 6) is 0.330. The molecule has 1 aromatic heterocycles. The number of halogens is 1. The van der Waals surface area contributed by atoms with Gasteiger partial charge in [0.05, 0.1) is 12.2 Å². The van der Waals surface area contributed by atoms with Crippen molar-refractivity contribution in [3.8, 4) is 6.07 Å². The van der Waals surface area contributed by atoms with Crippen LogP contribution in [-0.4, -0.2) is 41.0 Å². The predicted molar refractivity (Wildman–Crippen MR) is 85.2 cm³/mol. The standard InChI is InChI=1S/C17H18FN5/c1-22(12-17-20-7-3-8-21-17)13-6-9-23(11-13)16-5-2-4-15(18)14(16)10-19/h2-5,7-8,13H,6,9,11-12H2,1H3/t13-/m0/s1. The largest absolute Gasteiger partial charge is 0.369 e. The summed E-state index contributed by atoms with van der Waals surface area (Å²) < 4.78 is 13.8. The molecular weight excluding hydrogens is 293 g/mol. The Balaban J connectivity index is 1.69. The summed E-state index contributed by atoms with van der Waals surface area (Å²) in [7, 11) is 2.04. The molecule has 0 aliphatic carbocycles. The second-order valence-corrected chi connectivity index (χ2v) is 5.71. The average Bonchev–Trinajstić information content (AvgIpc) is 3.05. The van der Waals surface area contributed by atoms with Gasteiger partial charge in [0.1, 0.15) is 23.3 Å². The van der Waals surface area contributed by atoms with E-state index in [1.807, 2.05) is 19.2 Å². The van der Waals surface area contributed by atoms with Crippen LogP contribution < -0.4 is 4.90 Å². The fourth-order valence-corrected chi connectivity index (χ4v) is 2.97. The van der Waals surface area contributed by atoms with Gasteiger partial charge in [0.2, 0.25) is 0 Å². The van der Waals surface area contributed by atoms with Gasteiger partial charge in [-0.05, 0) is 31.7 Å². The van der Waals surface area contributed by atoms with E-state index in [0.717, 1.165) is 25.3 Å². The summed E-state index contributed by atoms with van der Waals surface area (Å²) in [5, 5.41) is 9.19. The quantitative estimate of drug-likeness (QED) is 0.866. The molecule has 1 fully saturated rings. The Morgan fingerprint density at radius 1 is 1.35 bits per heavy atom. The Labute approximate surface area is 135 Å². The molecule has 1 saturated heterocycles. The van der Waals surface area contributed by atoms with Crippen molar-refractivity contribution >= 4 is 5.69 Å². The van der Waals surface area contributed by atoms with E-state index in [0.29, 0.717) is 18.3 Å². The first-order valence-corrected chi connectivity index (χ1v) is 7.58. The first-order chi connectivity index (χ1) is 11.2. The lowest BCUT2D eigenvalue weighted by Gasteiger charge is -2.25. The number of nitrogens with zero attached hydrogens (tertiary/aromatic N) is 5. The summed E-state index contributed by atoms with van der Waals surface area (Å²) in [4.78, 5) is 12.8. The number of benzene rings is 1. The lowest BCUT2D eigenvalue weighted by Crippen LogP contribution is -2.34. The number of aromatic nitrogens is 2. The molecule has 0 N–H and O–H groups in total. The Morgan fingerprint density at radius 3 is 2.87 bits per heavy atom. The second kappa shape index (κ2) is 6.71. The smallest absolute Gasteiger partial charge is 0.143 e. The molecule has 2 aromatic rings. The highest BCUT2D eigenvalue weighted by Gasteiger charge is 2.28. The van der Waals surface area contributed by atoms with Gasteiger partial charge in [-0.15, -0.1) is 0 Å². The van der Waals surface area contributed by atoms with Gasteiger partial charge in [0, 0.05) is 31.5 Å². The molecule has 0 amide bonds. The molecular formula is C17H18FN5. The van der Waals surface area contributed by atoms with Crippen molar-refractivity contribution in [3.63, 3.8) is 0 Å². The highest BCUT2D eigenvalue weighted by atomic mass is 19.1. The van der Waals surface area contributed by atoms with Crippen molar-refractivity contribution in [2.75, 3.05) is 25.0 Å². The van der Waals surface area contributed by atoms with Gasteiger partial charge < -0.3 is 4.90 Å². The third-order valence-electron chi connectivity index (χ3n) is 4.24. The number of hydrogen-bond donors (Lipinski definition) is 0.